The molecule has 3 aromatic rings. The molecule has 1 aliphatic carbocycles. The van der Waals surface area contributed by atoms with Crippen LogP contribution in [0, 0.1) is 6.92 Å². The third-order valence-electron chi connectivity index (χ3n) is 7.16. The van der Waals surface area contributed by atoms with Crippen LogP contribution in [0.15, 0.2) is 23.1 Å². The van der Waals surface area contributed by atoms with E-state index < -0.39 is 0 Å². The summed E-state index contributed by atoms with van der Waals surface area (Å²) in [4.78, 5) is 42.2. The highest BCUT2D eigenvalue weighted by Crippen LogP contribution is 2.32. The van der Waals surface area contributed by atoms with E-state index in [0.29, 0.717) is 23.0 Å². The lowest BCUT2D eigenvalue weighted by Crippen LogP contribution is -2.31. The Labute approximate surface area is 199 Å². The van der Waals surface area contributed by atoms with E-state index in [-0.39, 0.29) is 22.9 Å². The molecule has 1 N–H and O–H groups in total. The van der Waals surface area contributed by atoms with Crippen molar-refractivity contribution < 1.29 is 4.79 Å². The van der Waals surface area contributed by atoms with Crippen LogP contribution in [0.4, 0.5) is 11.8 Å². The zero-order valence-corrected chi connectivity index (χ0v) is 20.2. The standard InChI is InChI=1S/C26H32N6O2/c1-4-12-31-13-11-21-18(15-31)9-10-22(28-21)29-26-27-14-20-16(2)23(17(3)33)25(34)32(24(20)30-26)19-7-5-6-8-19/h9-10,14,19H,4-8,11-13,15H2,1-3H3,(H,27,28,29,30). The normalized spacial score (nSPS) is 16.7. The number of nitrogens with one attached hydrogen (secondary N) is 1. The summed E-state index contributed by atoms with van der Waals surface area (Å²) < 4.78 is 1.74. The topological polar surface area (TPSA) is 93.0 Å². The van der Waals surface area contributed by atoms with E-state index in [4.69, 9.17) is 9.97 Å². The second-order valence-electron chi connectivity index (χ2n) is 9.55. The van der Waals surface area contributed by atoms with Gasteiger partial charge >= 0.3 is 0 Å². The van der Waals surface area contributed by atoms with Crippen LogP contribution < -0.4 is 10.9 Å². The van der Waals surface area contributed by atoms with Gasteiger partial charge in [0.25, 0.3) is 5.56 Å². The minimum atomic E-state index is -0.238. The second-order valence-corrected chi connectivity index (χ2v) is 9.55. The molecule has 4 heterocycles. The van der Waals surface area contributed by atoms with Gasteiger partial charge in [-0.2, -0.15) is 4.98 Å². The molecule has 5 rings (SSSR count). The number of hydrogen-bond donors (Lipinski definition) is 1. The minimum absolute atomic E-state index is 0.0596. The summed E-state index contributed by atoms with van der Waals surface area (Å²) in [5.41, 5.74) is 3.63. The maximum atomic E-state index is 13.4. The van der Waals surface area contributed by atoms with Gasteiger partial charge in [0.15, 0.2) is 5.78 Å². The maximum Gasteiger partial charge on any atom is 0.263 e. The van der Waals surface area contributed by atoms with Crippen molar-refractivity contribution in [2.75, 3.05) is 18.4 Å². The molecule has 0 spiro atoms. The van der Waals surface area contributed by atoms with Gasteiger partial charge in [0.2, 0.25) is 5.95 Å². The fourth-order valence-corrected chi connectivity index (χ4v) is 5.47. The molecule has 1 saturated carbocycles. The van der Waals surface area contributed by atoms with Gasteiger partial charge in [-0.05, 0) is 56.8 Å². The van der Waals surface area contributed by atoms with E-state index in [1.807, 2.05) is 13.0 Å². The van der Waals surface area contributed by atoms with Crippen LogP contribution in [-0.2, 0) is 13.0 Å². The molecule has 0 radical (unpaired) electrons. The number of aromatic nitrogens is 4. The monoisotopic (exact) mass is 460 g/mol. The quantitative estimate of drug-likeness (QED) is 0.548. The first kappa shape index (κ1) is 22.7. The molecule has 0 bridgehead atoms. The Balaban J connectivity index is 1.52. The number of nitrogens with zero attached hydrogens (tertiary/aromatic N) is 5. The van der Waals surface area contributed by atoms with E-state index in [0.717, 1.165) is 69.2 Å². The number of anilines is 2. The second kappa shape index (κ2) is 9.25. The van der Waals surface area contributed by atoms with Crippen molar-refractivity contribution in [2.24, 2.45) is 0 Å². The van der Waals surface area contributed by atoms with Crippen LogP contribution in [0.25, 0.3) is 11.0 Å². The highest BCUT2D eigenvalue weighted by molar-refractivity contribution is 5.99. The van der Waals surface area contributed by atoms with E-state index in [1.165, 1.54) is 12.5 Å². The van der Waals surface area contributed by atoms with Gasteiger partial charge in [0, 0.05) is 42.8 Å². The molecule has 34 heavy (non-hydrogen) atoms. The van der Waals surface area contributed by atoms with Crippen molar-refractivity contribution in [1.29, 1.82) is 0 Å². The van der Waals surface area contributed by atoms with E-state index in [1.54, 1.807) is 10.8 Å². The first-order valence-corrected chi connectivity index (χ1v) is 12.4. The number of fused-ring (bicyclic) bond motifs is 2. The van der Waals surface area contributed by atoms with E-state index in [9.17, 15) is 9.59 Å². The lowest BCUT2D eigenvalue weighted by atomic mass is 10.0. The zero-order chi connectivity index (χ0) is 23.8. The molecule has 0 unspecified atom stereocenters. The lowest BCUT2D eigenvalue weighted by molar-refractivity contribution is 0.101. The Hall–Kier alpha value is -3.13. The highest BCUT2D eigenvalue weighted by Gasteiger charge is 2.26. The third kappa shape index (κ3) is 4.11. The Kier molecular flexibility index (Phi) is 6.16. The van der Waals surface area contributed by atoms with Crippen molar-refractivity contribution in [1.82, 2.24) is 24.4 Å². The molecule has 1 aliphatic heterocycles. The number of hydrogen-bond acceptors (Lipinski definition) is 7. The summed E-state index contributed by atoms with van der Waals surface area (Å²) in [6, 6.07) is 4.16. The molecule has 178 valence electrons. The van der Waals surface area contributed by atoms with Crippen molar-refractivity contribution in [3.63, 3.8) is 0 Å². The Morgan fingerprint density at radius 3 is 2.74 bits per heavy atom. The van der Waals surface area contributed by atoms with E-state index >= 15 is 0 Å². The summed E-state index contributed by atoms with van der Waals surface area (Å²) >= 11 is 0. The van der Waals surface area contributed by atoms with E-state index in [2.05, 4.69) is 28.2 Å². The van der Waals surface area contributed by atoms with Crippen LogP contribution in [0.2, 0.25) is 0 Å². The van der Waals surface area contributed by atoms with Gasteiger partial charge in [-0.25, -0.2) is 9.97 Å². The van der Waals surface area contributed by atoms with Crippen molar-refractivity contribution in [3.8, 4) is 0 Å². The van der Waals surface area contributed by atoms with Crippen LogP contribution >= 0.6 is 0 Å². The summed E-state index contributed by atoms with van der Waals surface area (Å²) in [6.45, 7) is 8.54. The molecular weight excluding hydrogens is 428 g/mol. The third-order valence-corrected chi connectivity index (χ3v) is 7.16. The maximum absolute atomic E-state index is 13.4. The van der Waals surface area contributed by atoms with Gasteiger partial charge in [0.1, 0.15) is 11.5 Å². The number of rotatable bonds is 6. The first-order valence-electron chi connectivity index (χ1n) is 12.4. The van der Waals surface area contributed by atoms with Gasteiger partial charge in [-0.15, -0.1) is 0 Å². The molecule has 0 aromatic carbocycles. The molecule has 8 nitrogen and oxygen atoms in total. The van der Waals surface area contributed by atoms with Crippen LogP contribution in [0.5, 0.6) is 0 Å². The number of pyridine rings is 2. The summed E-state index contributed by atoms with van der Waals surface area (Å²) in [5.74, 6) is 0.896. The van der Waals surface area contributed by atoms with Gasteiger partial charge in [-0.1, -0.05) is 25.8 Å². The largest absolute Gasteiger partial charge is 0.309 e. The van der Waals surface area contributed by atoms with Crippen LogP contribution in [0.1, 0.15) is 79.2 Å². The first-order chi connectivity index (χ1) is 16.5. The highest BCUT2D eigenvalue weighted by atomic mass is 16.1. The Morgan fingerprint density at radius 1 is 1.21 bits per heavy atom. The summed E-state index contributed by atoms with van der Waals surface area (Å²) in [6.07, 6.45) is 7.80. The van der Waals surface area contributed by atoms with Crippen molar-refractivity contribution >= 4 is 28.6 Å². The number of ketones is 1. The Morgan fingerprint density at radius 2 is 2.00 bits per heavy atom. The number of carbonyl (C=O) groups excluding carboxylic acids is 1. The van der Waals surface area contributed by atoms with Crippen LogP contribution in [0.3, 0.4) is 0 Å². The molecule has 0 atom stereocenters. The average Bonchev–Trinajstić information content (AvgIpc) is 3.33. The number of Topliss-reactive ketones (excluding diaryl/α,β-unsaturated/α-hetero) is 1. The summed E-state index contributed by atoms with van der Waals surface area (Å²) in [5, 5.41) is 3.99. The fraction of sp³-hybridized carbons (Fsp3) is 0.500. The molecule has 8 heteroatoms. The average molecular weight is 461 g/mol. The fourth-order valence-electron chi connectivity index (χ4n) is 5.47. The zero-order valence-electron chi connectivity index (χ0n) is 20.2. The van der Waals surface area contributed by atoms with Gasteiger partial charge in [-0.3, -0.25) is 19.1 Å². The van der Waals surface area contributed by atoms with Gasteiger partial charge < -0.3 is 5.32 Å². The number of aryl methyl sites for hydroxylation is 1. The minimum Gasteiger partial charge on any atom is -0.309 e. The SMILES string of the molecule is CCCN1CCc2nc(Nc3ncc4c(C)c(C(C)=O)c(=O)n(C5CCCC5)c4n3)ccc2C1. The predicted molar refractivity (Wildman–Crippen MR) is 133 cm³/mol. The predicted octanol–water partition coefficient (Wildman–Crippen LogP) is 4.32. The lowest BCUT2D eigenvalue weighted by Gasteiger charge is -2.27. The van der Waals surface area contributed by atoms with Gasteiger partial charge in [0.05, 0.1) is 5.56 Å². The van der Waals surface area contributed by atoms with Crippen molar-refractivity contribution in [2.45, 2.75) is 71.9 Å². The molecule has 3 aromatic heterocycles. The Bertz CT molecular complexity index is 1310. The molecule has 0 saturated heterocycles. The molecular formula is C26H32N6O2. The van der Waals surface area contributed by atoms with Crippen LogP contribution in [-0.4, -0.2) is 43.3 Å². The molecule has 1 fully saturated rings. The molecule has 0 amide bonds. The number of carbonyl (C=O) groups is 1. The molecule has 2 aliphatic rings. The van der Waals surface area contributed by atoms with Crippen molar-refractivity contribution in [3.05, 3.63) is 51.1 Å². The smallest absolute Gasteiger partial charge is 0.263 e. The summed E-state index contributed by atoms with van der Waals surface area (Å²) in [7, 11) is 0.